The molecule has 0 heterocycles. The molecule has 0 bridgehead atoms. The Labute approximate surface area is 77.1 Å². The van der Waals surface area contributed by atoms with Crippen molar-refractivity contribution in [3.05, 3.63) is 0 Å². The van der Waals surface area contributed by atoms with Crippen molar-refractivity contribution in [2.24, 2.45) is 0 Å². The van der Waals surface area contributed by atoms with Crippen LogP contribution in [0.1, 0.15) is 38.5 Å². The zero-order valence-electron chi connectivity index (χ0n) is 6.41. The molecular formula is C8H16IN. The van der Waals surface area contributed by atoms with Crippen molar-refractivity contribution >= 4 is 22.6 Å². The minimum atomic E-state index is 0.833. The van der Waals surface area contributed by atoms with E-state index in [1.54, 1.807) is 0 Å². The van der Waals surface area contributed by atoms with Gasteiger partial charge in [-0.3, -0.25) is 0 Å². The predicted octanol–water partition coefficient (Wildman–Crippen LogP) is 2.69. The van der Waals surface area contributed by atoms with Crippen molar-refractivity contribution in [3.63, 3.8) is 0 Å². The smallest absolute Gasteiger partial charge is 0.0482 e. The molecule has 0 unspecified atom stereocenters. The number of alkyl halides is 1. The zero-order chi connectivity index (χ0) is 7.23. The maximum atomic E-state index is 3.51. The summed E-state index contributed by atoms with van der Waals surface area (Å²) in [5.74, 6) is 0. The van der Waals surface area contributed by atoms with Gasteiger partial charge in [0.25, 0.3) is 0 Å². The number of rotatable bonds is 2. The normalized spacial score (nSPS) is 22.5. The standard InChI is InChI=1S/C8H16IN/c9-7-10-8-5-3-1-2-4-6-8/h8,10H,1-7H2. The van der Waals surface area contributed by atoms with Crippen molar-refractivity contribution < 1.29 is 0 Å². The molecular weight excluding hydrogens is 237 g/mol. The van der Waals surface area contributed by atoms with E-state index in [9.17, 15) is 0 Å². The molecule has 0 atom stereocenters. The second kappa shape index (κ2) is 5.35. The first kappa shape index (κ1) is 8.78. The molecule has 0 aromatic rings. The maximum Gasteiger partial charge on any atom is 0.0482 e. The monoisotopic (exact) mass is 253 g/mol. The van der Waals surface area contributed by atoms with Crippen LogP contribution in [-0.4, -0.2) is 10.6 Å². The molecule has 0 aromatic heterocycles. The molecule has 1 rings (SSSR count). The molecule has 0 radical (unpaired) electrons. The van der Waals surface area contributed by atoms with Crippen LogP contribution in [-0.2, 0) is 0 Å². The molecule has 1 N–H and O–H groups in total. The summed E-state index contributed by atoms with van der Waals surface area (Å²) in [5, 5.41) is 3.51. The van der Waals surface area contributed by atoms with E-state index < -0.39 is 0 Å². The van der Waals surface area contributed by atoms with Gasteiger partial charge in [-0.15, -0.1) is 0 Å². The minimum absolute atomic E-state index is 0.833. The van der Waals surface area contributed by atoms with Gasteiger partial charge in [0.05, 0.1) is 0 Å². The molecule has 1 aliphatic rings. The van der Waals surface area contributed by atoms with Gasteiger partial charge in [-0.05, 0) is 12.8 Å². The Bertz CT molecular complexity index is 77.3. The highest BCUT2D eigenvalue weighted by molar-refractivity contribution is 14.1. The summed E-state index contributed by atoms with van der Waals surface area (Å²) >= 11 is 2.39. The van der Waals surface area contributed by atoms with E-state index in [0.29, 0.717) is 0 Å². The summed E-state index contributed by atoms with van der Waals surface area (Å²) in [7, 11) is 0. The summed E-state index contributed by atoms with van der Waals surface area (Å²) in [6, 6.07) is 0.833. The van der Waals surface area contributed by atoms with E-state index in [2.05, 4.69) is 27.9 Å². The molecule has 1 fully saturated rings. The Morgan fingerprint density at radius 2 is 1.70 bits per heavy atom. The van der Waals surface area contributed by atoms with E-state index in [0.717, 1.165) is 10.6 Å². The first-order valence-electron chi connectivity index (χ1n) is 4.23. The van der Waals surface area contributed by atoms with Crippen LogP contribution in [0.25, 0.3) is 0 Å². The summed E-state index contributed by atoms with van der Waals surface area (Å²) in [5.41, 5.74) is 0. The van der Waals surface area contributed by atoms with Gasteiger partial charge in [-0.1, -0.05) is 48.3 Å². The second-order valence-corrected chi connectivity index (χ2v) is 3.79. The van der Waals surface area contributed by atoms with Crippen LogP contribution < -0.4 is 5.32 Å². The lowest BCUT2D eigenvalue weighted by molar-refractivity contribution is 0.496. The summed E-state index contributed by atoms with van der Waals surface area (Å²) < 4.78 is 1.11. The third-order valence-electron chi connectivity index (χ3n) is 2.22. The van der Waals surface area contributed by atoms with Gasteiger partial charge < -0.3 is 5.32 Å². The lowest BCUT2D eigenvalue weighted by Gasteiger charge is -2.12. The van der Waals surface area contributed by atoms with Crippen LogP contribution >= 0.6 is 22.6 Å². The SMILES string of the molecule is ICNC1CCCCCC1. The van der Waals surface area contributed by atoms with Gasteiger partial charge >= 0.3 is 0 Å². The zero-order valence-corrected chi connectivity index (χ0v) is 8.56. The summed E-state index contributed by atoms with van der Waals surface area (Å²) in [6.07, 6.45) is 8.60. The molecule has 0 aromatic carbocycles. The fourth-order valence-electron chi connectivity index (χ4n) is 1.59. The van der Waals surface area contributed by atoms with Crippen LogP contribution in [0.5, 0.6) is 0 Å². The molecule has 0 amide bonds. The molecule has 2 heteroatoms. The molecule has 0 saturated heterocycles. The highest BCUT2D eigenvalue weighted by Crippen LogP contribution is 2.16. The summed E-state index contributed by atoms with van der Waals surface area (Å²) in [4.78, 5) is 0. The number of halogens is 1. The van der Waals surface area contributed by atoms with Crippen LogP contribution in [0, 0.1) is 0 Å². The second-order valence-electron chi connectivity index (χ2n) is 3.03. The Hall–Kier alpha value is 0.690. The lowest BCUT2D eigenvalue weighted by atomic mass is 10.1. The third kappa shape index (κ3) is 3.19. The Kier molecular flexibility index (Phi) is 4.70. The Balaban J connectivity index is 2.15. The van der Waals surface area contributed by atoms with Crippen molar-refractivity contribution in [3.8, 4) is 0 Å². The first-order valence-corrected chi connectivity index (χ1v) is 5.75. The lowest BCUT2D eigenvalue weighted by Crippen LogP contribution is -2.26. The van der Waals surface area contributed by atoms with Gasteiger partial charge in [-0.25, -0.2) is 0 Å². The van der Waals surface area contributed by atoms with Gasteiger partial charge in [0.1, 0.15) is 0 Å². The van der Waals surface area contributed by atoms with E-state index >= 15 is 0 Å². The first-order chi connectivity index (χ1) is 4.93. The van der Waals surface area contributed by atoms with E-state index in [4.69, 9.17) is 0 Å². The fourth-order valence-corrected chi connectivity index (χ4v) is 2.22. The van der Waals surface area contributed by atoms with Crippen LogP contribution in [0.4, 0.5) is 0 Å². The predicted molar refractivity (Wildman–Crippen MR) is 53.5 cm³/mol. The van der Waals surface area contributed by atoms with Crippen molar-refractivity contribution in [1.29, 1.82) is 0 Å². The summed E-state index contributed by atoms with van der Waals surface area (Å²) in [6.45, 7) is 0. The molecule has 1 nitrogen and oxygen atoms in total. The quantitative estimate of drug-likeness (QED) is 0.345. The van der Waals surface area contributed by atoms with Gasteiger partial charge in [-0.2, -0.15) is 0 Å². The topological polar surface area (TPSA) is 12.0 Å². The third-order valence-corrected chi connectivity index (χ3v) is 2.66. The number of hydrogen-bond donors (Lipinski definition) is 1. The molecule has 60 valence electrons. The van der Waals surface area contributed by atoms with Crippen molar-refractivity contribution in [1.82, 2.24) is 5.32 Å². The largest absolute Gasteiger partial charge is 0.305 e. The Morgan fingerprint density at radius 3 is 2.20 bits per heavy atom. The van der Waals surface area contributed by atoms with Crippen LogP contribution in [0.15, 0.2) is 0 Å². The minimum Gasteiger partial charge on any atom is -0.305 e. The maximum absolute atomic E-state index is 3.51. The molecule has 1 aliphatic carbocycles. The van der Waals surface area contributed by atoms with E-state index in [-0.39, 0.29) is 0 Å². The van der Waals surface area contributed by atoms with Crippen molar-refractivity contribution in [2.45, 2.75) is 44.6 Å². The average molecular weight is 253 g/mol. The molecule has 1 saturated carbocycles. The van der Waals surface area contributed by atoms with Gasteiger partial charge in [0.2, 0.25) is 0 Å². The molecule has 10 heavy (non-hydrogen) atoms. The highest BCUT2D eigenvalue weighted by Gasteiger charge is 2.09. The average Bonchev–Trinajstić information content (AvgIpc) is 2.17. The highest BCUT2D eigenvalue weighted by atomic mass is 127. The molecule has 0 aliphatic heterocycles. The molecule has 0 spiro atoms. The number of hydrogen-bond acceptors (Lipinski definition) is 1. The van der Waals surface area contributed by atoms with E-state index in [1.807, 2.05) is 0 Å². The number of nitrogens with one attached hydrogen (secondary N) is 1. The van der Waals surface area contributed by atoms with Crippen LogP contribution in [0.3, 0.4) is 0 Å². The van der Waals surface area contributed by atoms with Crippen molar-refractivity contribution in [2.75, 3.05) is 4.55 Å². The van der Waals surface area contributed by atoms with Gasteiger partial charge in [0, 0.05) is 10.6 Å². The van der Waals surface area contributed by atoms with Crippen LogP contribution in [0.2, 0.25) is 0 Å². The van der Waals surface area contributed by atoms with Gasteiger partial charge in [0.15, 0.2) is 0 Å². The van der Waals surface area contributed by atoms with E-state index in [1.165, 1.54) is 38.5 Å². The fraction of sp³-hybridized carbons (Fsp3) is 1.00. The Morgan fingerprint density at radius 1 is 1.10 bits per heavy atom.